The summed E-state index contributed by atoms with van der Waals surface area (Å²) >= 11 is 0. The van der Waals surface area contributed by atoms with E-state index in [4.69, 9.17) is 5.11 Å². The van der Waals surface area contributed by atoms with E-state index in [1.54, 1.807) is 0 Å². The maximum absolute atomic E-state index is 10.6. The fraction of sp³-hybridized carbons (Fsp3) is 0.778. The van der Waals surface area contributed by atoms with Gasteiger partial charge in [0.2, 0.25) is 0 Å². The van der Waals surface area contributed by atoms with E-state index in [0.717, 1.165) is 6.42 Å². The zero-order chi connectivity index (χ0) is 8.55. The third kappa shape index (κ3) is 1.24. The molecule has 1 heterocycles. The first-order chi connectivity index (χ1) is 5.77. The van der Waals surface area contributed by atoms with Gasteiger partial charge in [-0.2, -0.15) is 0 Å². The standard InChI is InChI=1S/C9H13NO2/c11-9(12)8-5-6-3-1-2-4-7(6)10-8/h6-7H,1-5H2,(H,11,12). The molecule has 0 bridgehead atoms. The first kappa shape index (κ1) is 7.77. The van der Waals surface area contributed by atoms with Gasteiger partial charge in [-0.15, -0.1) is 0 Å². The van der Waals surface area contributed by atoms with Crippen molar-refractivity contribution in [2.45, 2.75) is 38.1 Å². The topological polar surface area (TPSA) is 49.7 Å². The van der Waals surface area contributed by atoms with E-state index in [-0.39, 0.29) is 0 Å². The van der Waals surface area contributed by atoms with Crippen LogP contribution in [0.5, 0.6) is 0 Å². The van der Waals surface area contributed by atoms with Gasteiger partial charge in [-0.25, -0.2) is 4.79 Å². The third-order valence-electron chi connectivity index (χ3n) is 2.89. The van der Waals surface area contributed by atoms with Crippen molar-refractivity contribution in [2.24, 2.45) is 10.9 Å². The highest BCUT2D eigenvalue weighted by Gasteiger charge is 2.33. The normalized spacial score (nSPS) is 34.2. The van der Waals surface area contributed by atoms with Gasteiger partial charge in [0.1, 0.15) is 5.71 Å². The summed E-state index contributed by atoms with van der Waals surface area (Å²) in [4.78, 5) is 14.8. The lowest BCUT2D eigenvalue weighted by atomic mass is 9.84. The summed E-state index contributed by atoms with van der Waals surface area (Å²) < 4.78 is 0. The van der Waals surface area contributed by atoms with Crippen LogP contribution in [0.1, 0.15) is 32.1 Å². The number of carbonyl (C=O) groups is 1. The molecular formula is C9H13NO2. The number of carboxylic acid groups (broad SMARTS) is 1. The molecule has 0 aromatic carbocycles. The minimum atomic E-state index is -0.815. The minimum Gasteiger partial charge on any atom is -0.477 e. The van der Waals surface area contributed by atoms with Crippen molar-refractivity contribution in [1.82, 2.24) is 0 Å². The van der Waals surface area contributed by atoms with Crippen LogP contribution in [0.3, 0.4) is 0 Å². The van der Waals surface area contributed by atoms with Gasteiger partial charge in [-0.05, 0) is 18.8 Å². The second-order valence-corrected chi connectivity index (χ2v) is 3.70. The van der Waals surface area contributed by atoms with E-state index in [2.05, 4.69) is 4.99 Å². The molecule has 2 rings (SSSR count). The Hall–Kier alpha value is -0.860. The summed E-state index contributed by atoms with van der Waals surface area (Å²) in [6.45, 7) is 0. The Balaban J connectivity index is 2.09. The van der Waals surface area contributed by atoms with E-state index in [0.29, 0.717) is 24.1 Å². The van der Waals surface area contributed by atoms with Gasteiger partial charge in [0.25, 0.3) is 0 Å². The van der Waals surface area contributed by atoms with Gasteiger partial charge in [-0.3, -0.25) is 4.99 Å². The van der Waals surface area contributed by atoms with Crippen LogP contribution in [-0.2, 0) is 4.79 Å². The molecular weight excluding hydrogens is 154 g/mol. The molecule has 1 N–H and O–H groups in total. The summed E-state index contributed by atoms with van der Waals surface area (Å²) in [6, 6.07) is 0.338. The maximum Gasteiger partial charge on any atom is 0.349 e. The lowest BCUT2D eigenvalue weighted by Crippen LogP contribution is -2.18. The van der Waals surface area contributed by atoms with Gasteiger partial charge in [0, 0.05) is 6.42 Å². The predicted molar refractivity (Wildman–Crippen MR) is 45.4 cm³/mol. The number of fused-ring (bicyclic) bond motifs is 1. The van der Waals surface area contributed by atoms with Crippen molar-refractivity contribution in [1.29, 1.82) is 0 Å². The Morgan fingerprint density at radius 2 is 2.17 bits per heavy atom. The van der Waals surface area contributed by atoms with Crippen LogP contribution in [0.15, 0.2) is 4.99 Å². The largest absolute Gasteiger partial charge is 0.477 e. The Labute approximate surface area is 71.5 Å². The minimum absolute atomic E-state index is 0.338. The van der Waals surface area contributed by atoms with Crippen LogP contribution in [0.25, 0.3) is 0 Å². The van der Waals surface area contributed by atoms with Crippen molar-refractivity contribution in [3.63, 3.8) is 0 Å². The number of hydrogen-bond donors (Lipinski definition) is 1. The summed E-state index contributed by atoms with van der Waals surface area (Å²) in [5.74, 6) is -0.269. The fourth-order valence-electron chi connectivity index (χ4n) is 2.24. The molecule has 12 heavy (non-hydrogen) atoms. The van der Waals surface area contributed by atoms with Gasteiger partial charge in [-0.1, -0.05) is 12.8 Å². The van der Waals surface area contributed by atoms with E-state index in [9.17, 15) is 4.79 Å². The van der Waals surface area contributed by atoms with Gasteiger partial charge < -0.3 is 5.11 Å². The van der Waals surface area contributed by atoms with Crippen molar-refractivity contribution in [3.05, 3.63) is 0 Å². The molecule has 0 saturated heterocycles. The molecule has 66 valence electrons. The van der Waals surface area contributed by atoms with Crippen molar-refractivity contribution >= 4 is 11.7 Å². The van der Waals surface area contributed by atoms with E-state index >= 15 is 0 Å². The first-order valence-electron chi connectivity index (χ1n) is 4.57. The van der Waals surface area contributed by atoms with E-state index in [1.807, 2.05) is 0 Å². The van der Waals surface area contributed by atoms with E-state index < -0.39 is 5.97 Å². The van der Waals surface area contributed by atoms with Crippen LogP contribution in [0, 0.1) is 5.92 Å². The highest BCUT2D eigenvalue weighted by Crippen LogP contribution is 2.34. The Bertz CT molecular complexity index is 235. The van der Waals surface area contributed by atoms with E-state index in [1.165, 1.54) is 19.3 Å². The predicted octanol–water partition coefficient (Wildman–Crippen LogP) is 1.47. The lowest BCUT2D eigenvalue weighted by molar-refractivity contribution is -0.129. The monoisotopic (exact) mass is 167 g/mol. The number of hydrogen-bond acceptors (Lipinski definition) is 2. The molecule has 1 aliphatic heterocycles. The number of nitrogens with zero attached hydrogens (tertiary/aromatic N) is 1. The molecule has 2 atom stereocenters. The number of carboxylic acids is 1. The molecule has 0 amide bonds. The average molecular weight is 167 g/mol. The molecule has 3 nitrogen and oxygen atoms in total. The summed E-state index contributed by atoms with van der Waals surface area (Å²) in [7, 11) is 0. The fourth-order valence-corrected chi connectivity index (χ4v) is 2.24. The summed E-state index contributed by atoms with van der Waals surface area (Å²) in [5, 5.41) is 8.73. The zero-order valence-electron chi connectivity index (χ0n) is 6.99. The summed E-state index contributed by atoms with van der Waals surface area (Å²) in [6.07, 6.45) is 5.45. The van der Waals surface area contributed by atoms with Crippen LogP contribution in [0.2, 0.25) is 0 Å². The smallest absolute Gasteiger partial charge is 0.349 e. The Morgan fingerprint density at radius 1 is 1.42 bits per heavy atom. The van der Waals surface area contributed by atoms with Gasteiger partial charge in [0.05, 0.1) is 6.04 Å². The highest BCUT2D eigenvalue weighted by molar-refractivity contribution is 6.36. The zero-order valence-corrected chi connectivity index (χ0v) is 6.99. The number of rotatable bonds is 1. The van der Waals surface area contributed by atoms with Crippen molar-refractivity contribution in [2.75, 3.05) is 0 Å². The molecule has 0 aromatic heterocycles. The molecule has 1 aliphatic carbocycles. The second kappa shape index (κ2) is 2.88. The van der Waals surface area contributed by atoms with Gasteiger partial charge in [0.15, 0.2) is 0 Å². The summed E-state index contributed by atoms with van der Waals surface area (Å²) in [5.41, 5.74) is 0.409. The average Bonchev–Trinajstić information content (AvgIpc) is 2.46. The van der Waals surface area contributed by atoms with Crippen molar-refractivity contribution < 1.29 is 9.90 Å². The number of aliphatic imine (C=N–C) groups is 1. The lowest BCUT2D eigenvalue weighted by Gasteiger charge is -2.22. The molecule has 1 fully saturated rings. The Kier molecular flexibility index (Phi) is 1.87. The molecule has 2 unspecified atom stereocenters. The van der Waals surface area contributed by atoms with Crippen LogP contribution in [-0.4, -0.2) is 22.8 Å². The maximum atomic E-state index is 10.6. The third-order valence-corrected chi connectivity index (χ3v) is 2.89. The van der Waals surface area contributed by atoms with Gasteiger partial charge >= 0.3 is 5.97 Å². The van der Waals surface area contributed by atoms with Crippen LogP contribution in [0.4, 0.5) is 0 Å². The van der Waals surface area contributed by atoms with Crippen LogP contribution < -0.4 is 0 Å². The molecule has 0 radical (unpaired) electrons. The first-order valence-corrected chi connectivity index (χ1v) is 4.57. The Morgan fingerprint density at radius 3 is 2.83 bits per heavy atom. The molecule has 3 heteroatoms. The number of aliphatic carboxylic acids is 1. The molecule has 0 aromatic rings. The highest BCUT2D eigenvalue weighted by atomic mass is 16.4. The molecule has 0 spiro atoms. The van der Waals surface area contributed by atoms with Crippen LogP contribution >= 0.6 is 0 Å². The second-order valence-electron chi connectivity index (χ2n) is 3.70. The SMILES string of the molecule is O=C(O)C1=NC2CCCCC2C1. The van der Waals surface area contributed by atoms with Crippen molar-refractivity contribution in [3.8, 4) is 0 Å². The molecule has 1 saturated carbocycles. The quantitative estimate of drug-likeness (QED) is 0.643. The molecule has 2 aliphatic rings.